The number of thioether (sulfide) groups is 1. The van der Waals surface area contributed by atoms with Gasteiger partial charge in [-0.05, 0) is 39.8 Å². The molecule has 0 atom stereocenters. The van der Waals surface area contributed by atoms with Crippen molar-refractivity contribution in [2.45, 2.75) is 51.3 Å². The third kappa shape index (κ3) is 6.12. The molecule has 1 aliphatic rings. The third-order valence-corrected chi connectivity index (χ3v) is 4.26. The summed E-state index contributed by atoms with van der Waals surface area (Å²) in [6.07, 6.45) is 2.64. The fraction of sp³-hybridized carbons (Fsp3) is 1.00. The van der Waals surface area contributed by atoms with Gasteiger partial charge in [0.25, 0.3) is 0 Å². The topological polar surface area (TPSA) is 15.3 Å². The van der Waals surface area contributed by atoms with Gasteiger partial charge in [0.2, 0.25) is 0 Å². The highest BCUT2D eigenvalue weighted by Crippen LogP contribution is 2.29. The molecule has 1 N–H and O–H groups in total. The van der Waals surface area contributed by atoms with Gasteiger partial charge < -0.3 is 10.2 Å². The third-order valence-electron chi connectivity index (χ3n) is 2.96. The van der Waals surface area contributed by atoms with E-state index in [9.17, 15) is 0 Å². The lowest BCUT2D eigenvalue weighted by Crippen LogP contribution is -2.43. The van der Waals surface area contributed by atoms with E-state index >= 15 is 0 Å². The highest BCUT2D eigenvalue weighted by molar-refractivity contribution is 8.00. The maximum atomic E-state index is 3.48. The van der Waals surface area contributed by atoms with Crippen molar-refractivity contribution in [2.75, 3.05) is 31.9 Å². The Bertz CT molecular complexity index is 192. The summed E-state index contributed by atoms with van der Waals surface area (Å²) in [7, 11) is 0. The Balaban J connectivity index is 2.04. The number of hydrogen-bond acceptors (Lipinski definition) is 3. The second kappa shape index (κ2) is 6.87. The molecular formula is C13H28N2S. The molecule has 2 nitrogen and oxygen atoms in total. The first-order valence-corrected chi connectivity index (χ1v) is 7.58. The minimum Gasteiger partial charge on any atom is -0.315 e. The number of nitrogens with one attached hydrogen (secondary N) is 1. The van der Waals surface area contributed by atoms with E-state index in [0.717, 1.165) is 0 Å². The molecule has 3 heteroatoms. The highest BCUT2D eigenvalue weighted by atomic mass is 32.2. The quantitative estimate of drug-likeness (QED) is 0.723. The first-order valence-electron chi connectivity index (χ1n) is 6.59. The van der Waals surface area contributed by atoms with Gasteiger partial charge in [0.15, 0.2) is 0 Å². The molecule has 0 unspecified atom stereocenters. The van der Waals surface area contributed by atoms with Crippen molar-refractivity contribution in [3.63, 3.8) is 0 Å². The molecule has 0 aromatic carbocycles. The van der Waals surface area contributed by atoms with Crippen molar-refractivity contribution in [2.24, 2.45) is 0 Å². The molecule has 1 saturated heterocycles. The van der Waals surface area contributed by atoms with Gasteiger partial charge in [-0.2, -0.15) is 11.8 Å². The number of hydrogen-bond donors (Lipinski definition) is 1. The molecule has 0 aromatic rings. The van der Waals surface area contributed by atoms with Gasteiger partial charge in [-0.25, -0.2) is 0 Å². The highest BCUT2D eigenvalue weighted by Gasteiger charge is 2.26. The van der Waals surface area contributed by atoms with Crippen molar-refractivity contribution in [1.82, 2.24) is 10.2 Å². The van der Waals surface area contributed by atoms with Crippen molar-refractivity contribution in [3.8, 4) is 0 Å². The van der Waals surface area contributed by atoms with Crippen LogP contribution in [0.3, 0.4) is 0 Å². The van der Waals surface area contributed by atoms with Crippen LogP contribution in [0.1, 0.15) is 40.5 Å². The minimum absolute atomic E-state index is 0.467. The zero-order chi connectivity index (χ0) is 12.0. The van der Waals surface area contributed by atoms with Crippen LogP contribution in [0.2, 0.25) is 0 Å². The van der Waals surface area contributed by atoms with Crippen LogP contribution in [-0.2, 0) is 0 Å². The van der Waals surface area contributed by atoms with Gasteiger partial charge in [0.05, 0.1) is 0 Å². The zero-order valence-corrected chi connectivity index (χ0v) is 12.2. The molecule has 0 spiro atoms. The summed E-state index contributed by atoms with van der Waals surface area (Å²) in [4.78, 5) is 2.63. The van der Waals surface area contributed by atoms with E-state index < -0.39 is 0 Å². The Morgan fingerprint density at radius 1 is 1.31 bits per heavy atom. The monoisotopic (exact) mass is 244 g/mol. The first-order chi connectivity index (χ1) is 7.49. The average molecular weight is 244 g/mol. The standard InChI is InChI=1S/C13H28N2S/c1-12(2)14-7-5-6-8-15-9-10-16-13(3,4)11-15/h12,14H,5-11H2,1-4H3. The van der Waals surface area contributed by atoms with E-state index in [1.54, 1.807) is 0 Å². The molecule has 16 heavy (non-hydrogen) atoms. The number of unbranched alkanes of at least 4 members (excludes halogenated alkanes) is 1. The Morgan fingerprint density at radius 2 is 2.06 bits per heavy atom. The Hall–Kier alpha value is 0.270. The van der Waals surface area contributed by atoms with Gasteiger partial charge in [0.1, 0.15) is 0 Å². The maximum Gasteiger partial charge on any atom is 0.0231 e. The van der Waals surface area contributed by atoms with Crippen molar-refractivity contribution >= 4 is 11.8 Å². The van der Waals surface area contributed by atoms with Gasteiger partial charge in [-0.15, -0.1) is 0 Å². The smallest absolute Gasteiger partial charge is 0.0231 e. The predicted octanol–water partition coefficient (Wildman–Crippen LogP) is 2.59. The van der Waals surface area contributed by atoms with Crippen molar-refractivity contribution in [3.05, 3.63) is 0 Å². The Labute approximate surface area is 106 Å². The molecule has 1 heterocycles. The molecule has 1 aliphatic heterocycles. The molecule has 96 valence electrons. The van der Waals surface area contributed by atoms with E-state index in [2.05, 4.69) is 49.7 Å². The van der Waals surface area contributed by atoms with E-state index in [0.29, 0.717) is 10.8 Å². The summed E-state index contributed by atoms with van der Waals surface area (Å²) in [6, 6.07) is 0.630. The van der Waals surface area contributed by atoms with Crippen LogP contribution in [-0.4, -0.2) is 47.6 Å². The van der Waals surface area contributed by atoms with Crippen LogP contribution in [0.5, 0.6) is 0 Å². The van der Waals surface area contributed by atoms with Crippen LogP contribution in [0.25, 0.3) is 0 Å². The lowest BCUT2D eigenvalue weighted by Gasteiger charge is -2.37. The summed E-state index contributed by atoms with van der Waals surface area (Å²) < 4.78 is 0.467. The molecule has 0 aliphatic carbocycles. The number of nitrogens with zero attached hydrogens (tertiary/aromatic N) is 1. The van der Waals surface area contributed by atoms with E-state index in [-0.39, 0.29) is 0 Å². The fourth-order valence-electron chi connectivity index (χ4n) is 2.16. The molecule has 1 rings (SSSR count). The molecule has 0 amide bonds. The van der Waals surface area contributed by atoms with E-state index in [1.165, 1.54) is 44.8 Å². The first kappa shape index (κ1) is 14.3. The van der Waals surface area contributed by atoms with Gasteiger partial charge in [-0.3, -0.25) is 0 Å². The molecule has 0 saturated carbocycles. The lowest BCUT2D eigenvalue weighted by atomic mass is 10.1. The van der Waals surface area contributed by atoms with E-state index in [4.69, 9.17) is 0 Å². The summed E-state index contributed by atoms with van der Waals surface area (Å²) in [5, 5.41) is 3.48. The fourth-order valence-corrected chi connectivity index (χ4v) is 3.33. The lowest BCUT2D eigenvalue weighted by molar-refractivity contribution is 0.255. The van der Waals surface area contributed by atoms with Crippen LogP contribution in [0, 0.1) is 0 Å². The molecule has 0 radical (unpaired) electrons. The van der Waals surface area contributed by atoms with Gasteiger partial charge >= 0.3 is 0 Å². The Kier molecular flexibility index (Phi) is 6.16. The maximum absolute atomic E-state index is 3.48. The largest absolute Gasteiger partial charge is 0.315 e. The summed E-state index contributed by atoms with van der Waals surface area (Å²) in [5.41, 5.74) is 0. The zero-order valence-electron chi connectivity index (χ0n) is 11.4. The molecular weight excluding hydrogens is 216 g/mol. The minimum atomic E-state index is 0.467. The summed E-state index contributed by atoms with van der Waals surface area (Å²) in [6.45, 7) is 14.2. The molecule has 1 fully saturated rings. The van der Waals surface area contributed by atoms with Gasteiger partial charge in [-0.1, -0.05) is 13.8 Å². The normalized spacial score (nSPS) is 21.6. The molecule has 0 bridgehead atoms. The summed E-state index contributed by atoms with van der Waals surface area (Å²) >= 11 is 2.12. The molecule has 0 aromatic heterocycles. The van der Waals surface area contributed by atoms with Crippen LogP contribution >= 0.6 is 11.8 Å². The van der Waals surface area contributed by atoms with Gasteiger partial charge in [0, 0.05) is 29.6 Å². The van der Waals surface area contributed by atoms with Crippen molar-refractivity contribution in [1.29, 1.82) is 0 Å². The predicted molar refractivity (Wildman–Crippen MR) is 75.3 cm³/mol. The van der Waals surface area contributed by atoms with E-state index in [1.807, 2.05) is 0 Å². The second-order valence-corrected chi connectivity index (χ2v) is 7.50. The average Bonchev–Trinajstić information content (AvgIpc) is 2.15. The SMILES string of the molecule is CC(C)NCCCCN1CCSC(C)(C)C1. The summed E-state index contributed by atoms with van der Waals surface area (Å²) in [5.74, 6) is 1.30. The van der Waals surface area contributed by atoms with Crippen LogP contribution < -0.4 is 5.32 Å². The number of rotatable bonds is 6. The second-order valence-electron chi connectivity index (χ2n) is 5.70. The Morgan fingerprint density at radius 3 is 2.69 bits per heavy atom. The van der Waals surface area contributed by atoms with Crippen molar-refractivity contribution < 1.29 is 0 Å². The van der Waals surface area contributed by atoms with Crippen LogP contribution in [0.4, 0.5) is 0 Å². The van der Waals surface area contributed by atoms with Crippen LogP contribution in [0.15, 0.2) is 0 Å².